The van der Waals surface area contributed by atoms with Crippen molar-refractivity contribution >= 4 is 29.9 Å². The zero-order valence-electron chi connectivity index (χ0n) is 14.6. The summed E-state index contributed by atoms with van der Waals surface area (Å²) in [5, 5.41) is 2.82. The maximum atomic E-state index is 12.4. The second kappa shape index (κ2) is 8.85. The Kier molecular flexibility index (Phi) is 6.79. The monoisotopic (exact) mass is 391 g/mol. The number of primary amides is 1. The van der Waals surface area contributed by atoms with Gasteiger partial charge in [-0.2, -0.15) is 0 Å². The van der Waals surface area contributed by atoms with E-state index < -0.39 is 11.4 Å². The van der Waals surface area contributed by atoms with Gasteiger partial charge in [0.2, 0.25) is 5.91 Å². The van der Waals surface area contributed by atoms with Crippen molar-refractivity contribution in [2.24, 2.45) is 11.5 Å². The molecule has 0 aromatic heterocycles. The van der Waals surface area contributed by atoms with Crippen LogP contribution in [0.1, 0.15) is 23.2 Å². The van der Waals surface area contributed by atoms with Crippen LogP contribution in [-0.4, -0.2) is 30.6 Å². The Morgan fingerprint density at radius 2 is 1.67 bits per heavy atom. The first-order valence-electron chi connectivity index (χ1n) is 8.33. The third-order valence-electron chi connectivity index (χ3n) is 4.33. The van der Waals surface area contributed by atoms with Gasteiger partial charge in [0, 0.05) is 18.9 Å². The summed E-state index contributed by atoms with van der Waals surface area (Å²) >= 11 is 0. The van der Waals surface area contributed by atoms with Crippen molar-refractivity contribution in [3.8, 4) is 11.5 Å². The van der Waals surface area contributed by atoms with Crippen molar-refractivity contribution in [3.63, 3.8) is 0 Å². The molecular formula is C19H22ClN3O4. The maximum absolute atomic E-state index is 12.4. The normalized spacial score (nSPS) is 15.3. The third kappa shape index (κ3) is 4.97. The minimum atomic E-state index is -0.909. The van der Waals surface area contributed by atoms with Crippen molar-refractivity contribution in [1.29, 1.82) is 0 Å². The molecule has 0 radical (unpaired) electrons. The van der Waals surface area contributed by atoms with Crippen LogP contribution in [0.5, 0.6) is 11.5 Å². The molecule has 3 rings (SSSR count). The molecule has 0 bridgehead atoms. The van der Waals surface area contributed by atoms with E-state index in [0.29, 0.717) is 48.8 Å². The number of carbonyl (C=O) groups excluding carboxylic acids is 2. The predicted octanol–water partition coefficient (Wildman–Crippen LogP) is 2.45. The molecule has 2 aromatic rings. The van der Waals surface area contributed by atoms with E-state index in [-0.39, 0.29) is 18.3 Å². The number of hydrogen-bond acceptors (Lipinski definition) is 5. The van der Waals surface area contributed by atoms with Gasteiger partial charge in [0.05, 0.1) is 5.56 Å². The van der Waals surface area contributed by atoms with E-state index in [9.17, 15) is 9.59 Å². The number of benzene rings is 2. The second-order valence-electron chi connectivity index (χ2n) is 6.21. The Morgan fingerprint density at radius 3 is 2.30 bits per heavy atom. The van der Waals surface area contributed by atoms with Gasteiger partial charge < -0.3 is 26.3 Å². The molecule has 8 heteroatoms. The fourth-order valence-corrected chi connectivity index (χ4v) is 2.71. The number of para-hydroxylation sites is 1. The van der Waals surface area contributed by atoms with E-state index in [1.54, 1.807) is 48.5 Å². The van der Waals surface area contributed by atoms with Gasteiger partial charge in [0.15, 0.2) is 0 Å². The lowest BCUT2D eigenvalue weighted by atomic mass is 9.90. The molecule has 144 valence electrons. The Labute approximate surface area is 163 Å². The summed E-state index contributed by atoms with van der Waals surface area (Å²) < 4.78 is 11.0. The van der Waals surface area contributed by atoms with Gasteiger partial charge in [-0.15, -0.1) is 12.4 Å². The number of ether oxygens (including phenoxy) is 2. The van der Waals surface area contributed by atoms with Crippen LogP contribution < -0.4 is 21.5 Å². The molecule has 0 spiro atoms. The number of amides is 2. The van der Waals surface area contributed by atoms with E-state index in [4.69, 9.17) is 20.9 Å². The highest BCUT2D eigenvalue weighted by Gasteiger charge is 2.35. The molecule has 1 heterocycles. The molecule has 5 N–H and O–H groups in total. The summed E-state index contributed by atoms with van der Waals surface area (Å²) in [5.41, 5.74) is 11.5. The number of halogens is 1. The number of hydrogen-bond donors (Lipinski definition) is 3. The minimum Gasteiger partial charge on any atom is -0.457 e. The molecule has 0 saturated carbocycles. The van der Waals surface area contributed by atoms with Gasteiger partial charge in [-0.25, -0.2) is 0 Å². The zero-order valence-corrected chi connectivity index (χ0v) is 15.5. The molecule has 7 nitrogen and oxygen atoms in total. The number of carbonyl (C=O) groups is 2. The lowest BCUT2D eigenvalue weighted by Crippen LogP contribution is -2.54. The molecule has 1 fully saturated rings. The largest absolute Gasteiger partial charge is 0.457 e. The fourth-order valence-electron chi connectivity index (χ4n) is 2.71. The zero-order chi connectivity index (χ0) is 18.6. The van der Waals surface area contributed by atoms with Gasteiger partial charge in [-0.05, 0) is 49.2 Å². The highest BCUT2D eigenvalue weighted by Crippen LogP contribution is 2.27. The van der Waals surface area contributed by atoms with E-state index in [0.717, 1.165) is 0 Å². The maximum Gasteiger partial charge on any atom is 0.252 e. The number of anilines is 1. The van der Waals surface area contributed by atoms with Crippen molar-refractivity contribution in [3.05, 3.63) is 54.1 Å². The molecule has 1 aliphatic rings. The topological polar surface area (TPSA) is 117 Å². The first kappa shape index (κ1) is 20.7. The van der Waals surface area contributed by atoms with Crippen molar-refractivity contribution in [1.82, 2.24) is 0 Å². The van der Waals surface area contributed by atoms with Crippen LogP contribution in [-0.2, 0) is 9.53 Å². The smallest absolute Gasteiger partial charge is 0.252 e. The average Bonchev–Trinajstić information content (AvgIpc) is 2.64. The van der Waals surface area contributed by atoms with Crippen LogP contribution in [0.2, 0.25) is 0 Å². The Bertz CT molecular complexity index is 805. The van der Waals surface area contributed by atoms with E-state index in [1.807, 2.05) is 0 Å². The van der Waals surface area contributed by atoms with E-state index in [2.05, 4.69) is 5.32 Å². The summed E-state index contributed by atoms with van der Waals surface area (Å²) in [5.74, 6) is 0.105. The van der Waals surface area contributed by atoms with Crippen molar-refractivity contribution < 1.29 is 19.1 Å². The molecule has 0 aliphatic carbocycles. The second-order valence-corrected chi connectivity index (χ2v) is 6.21. The third-order valence-corrected chi connectivity index (χ3v) is 4.33. The van der Waals surface area contributed by atoms with Gasteiger partial charge in [-0.3, -0.25) is 9.59 Å². The van der Waals surface area contributed by atoms with Crippen LogP contribution in [0.4, 0.5) is 5.69 Å². The number of nitrogens with two attached hydrogens (primary N) is 2. The van der Waals surface area contributed by atoms with Crippen LogP contribution in [0.3, 0.4) is 0 Å². The minimum absolute atomic E-state index is 0. The van der Waals surface area contributed by atoms with Crippen LogP contribution in [0.15, 0.2) is 48.5 Å². The summed E-state index contributed by atoms with van der Waals surface area (Å²) in [6, 6.07) is 13.5. The summed E-state index contributed by atoms with van der Waals surface area (Å²) in [6.07, 6.45) is 0.980. The van der Waals surface area contributed by atoms with Crippen LogP contribution in [0, 0.1) is 0 Å². The average molecular weight is 392 g/mol. The van der Waals surface area contributed by atoms with Crippen molar-refractivity contribution in [2.45, 2.75) is 18.4 Å². The summed E-state index contributed by atoms with van der Waals surface area (Å²) in [6.45, 7) is 0.964. The molecule has 0 unspecified atom stereocenters. The number of nitrogens with one attached hydrogen (secondary N) is 1. The standard InChI is InChI=1S/C19H21N3O4.ClH/c20-17(23)15-3-1-2-4-16(15)26-14-7-5-13(6-8-14)22-18(24)19(21)9-11-25-12-10-19;/h1-8H,9-12,21H2,(H2,20,23)(H,22,24);1H. The first-order valence-corrected chi connectivity index (χ1v) is 8.33. The van der Waals surface area contributed by atoms with Crippen LogP contribution >= 0.6 is 12.4 Å². The lowest BCUT2D eigenvalue weighted by molar-refractivity contribution is -0.124. The predicted molar refractivity (Wildman–Crippen MR) is 104 cm³/mol. The summed E-state index contributed by atoms with van der Waals surface area (Å²) in [4.78, 5) is 23.9. The fraction of sp³-hybridized carbons (Fsp3) is 0.263. The molecule has 2 aromatic carbocycles. The quantitative estimate of drug-likeness (QED) is 0.723. The summed E-state index contributed by atoms with van der Waals surface area (Å²) in [7, 11) is 0. The Balaban J connectivity index is 0.00000261. The molecular weight excluding hydrogens is 370 g/mol. The SMILES string of the molecule is Cl.NC(=O)c1ccccc1Oc1ccc(NC(=O)C2(N)CCOCC2)cc1. The highest BCUT2D eigenvalue weighted by atomic mass is 35.5. The molecule has 2 amide bonds. The Hall–Kier alpha value is -2.61. The molecule has 1 saturated heterocycles. The number of rotatable bonds is 5. The van der Waals surface area contributed by atoms with E-state index >= 15 is 0 Å². The Morgan fingerprint density at radius 1 is 1.04 bits per heavy atom. The van der Waals surface area contributed by atoms with Gasteiger partial charge in [0.1, 0.15) is 17.0 Å². The first-order chi connectivity index (χ1) is 12.5. The molecule has 1 aliphatic heterocycles. The highest BCUT2D eigenvalue weighted by molar-refractivity contribution is 5.98. The molecule has 0 atom stereocenters. The molecule has 27 heavy (non-hydrogen) atoms. The van der Waals surface area contributed by atoms with Gasteiger partial charge in [-0.1, -0.05) is 12.1 Å². The van der Waals surface area contributed by atoms with E-state index in [1.165, 1.54) is 0 Å². The van der Waals surface area contributed by atoms with Crippen LogP contribution in [0.25, 0.3) is 0 Å². The van der Waals surface area contributed by atoms with Gasteiger partial charge >= 0.3 is 0 Å². The van der Waals surface area contributed by atoms with Gasteiger partial charge in [0.25, 0.3) is 5.91 Å². The lowest BCUT2D eigenvalue weighted by Gasteiger charge is -2.31. The van der Waals surface area contributed by atoms with Crippen molar-refractivity contribution in [2.75, 3.05) is 18.5 Å².